The molecule has 0 aliphatic heterocycles. The summed E-state index contributed by atoms with van der Waals surface area (Å²) in [6, 6.07) is 0. The Kier molecular flexibility index (Phi) is 7.27. The molecule has 0 saturated carbocycles. The van der Waals surface area contributed by atoms with Gasteiger partial charge in [-0.25, -0.2) is 0 Å². The maximum Gasteiger partial charge on any atom is -1.00 e. The van der Waals surface area contributed by atoms with Gasteiger partial charge in [0.2, 0.25) is 0 Å². The average molecular weight is 390 g/mol. The summed E-state index contributed by atoms with van der Waals surface area (Å²) in [4.78, 5) is 0. The Morgan fingerprint density at radius 1 is 0.650 bits per heavy atom. The molecule has 20 heavy (non-hydrogen) atoms. The van der Waals surface area contributed by atoms with Crippen molar-refractivity contribution < 1.29 is 49.5 Å². The topological polar surface area (TPSA) is 0 Å². The van der Waals surface area contributed by atoms with Crippen LogP contribution >= 0.6 is 0 Å². The van der Waals surface area contributed by atoms with Crippen LogP contribution in [-0.2, 0) is 24.7 Å². The molecule has 2 aliphatic rings. The molecule has 3 heteroatoms. The molecule has 0 N–H and O–H groups in total. The summed E-state index contributed by atoms with van der Waals surface area (Å²) >= 11 is 1.58. The summed E-state index contributed by atoms with van der Waals surface area (Å²) in [5, 5.41) is 0. The quantitative estimate of drug-likeness (QED) is 0.545. The molecule has 0 nitrogen and oxygen atoms in total. The van der Waals surface area contributed by atoms with Crippen molar-refractivity contribution in [3.8, 4) is 0 Å². The maximum absolute atomic E-state index is 2.38. The predicted molar refractivity (Wildman–Crippen MR) is 74.8 cm³/mol. The van der Waals surface area contributed by atoms with Crippen molar-refractivity contribution in [3.63, 3.8) is 0 Å². The summed E-state index contributed by atoms with van der Waals surface area (Å²) in [7, 11) is 0. The van der Waals surface area contributed by atoms with Crippen molar-refractivity contribution in [1.82, 2.24) is 0 Å². The number of allylic oxidation sites excluding steroid dienone is 8. The Balaban J connectivity index is 0.00000180. The summed E-state index contributed by atoms with van der Waals surface area (Å²) in [6.45, 7) is 16.2. The van der Waals surface area contributed by atoms with E-state index < -0.39 is 0 Å². The maximum atomic E-state index is 2.38. The van der Waals surface area contributed by atoms with E-state index in [1.165, 1.54) is 16.7 Å². The van der Waals surface area contributed by atoms with Crippen molar-refractivity contribution in [1.29, 1.82) is 0 Å². The monoisotopic (exact) mass is 387 g/mol. The Bertz CT molecular complexity index is 497. The number of hydrogen-bond donors (Lipinski definition) is 0. The van der Waals surface area contributed by atoms with Gasteiger partial charge in [-0.1, -0.05) is 0 Å². The fraction of sp³-hybridized carbons (Fsp3) is 0.529. The molecule has 0 spiro atoms. The first-order chi connectivity index (χ1) is 8.29. The molecule has 0 radical (unpaired) electrons. The van der Waals surface area contributed by atoms with E-state index in [4.69, 9.17) is 0 Å². The van der Waals surface area contributed by atoms with Crippen molar-refractivity contribution in [2.45, 2.75) is 48.5 Å². The third kappa shape index (κ3) is 2.83. The van der Waals surface area contributed by atoms with Crippen LogP contribution in [0.1, 0.15) is 48.5 Å². The average Bonchev–Trinajstić information content (AvgIpc) is 2.64. The first kappa shape index (κ1) is 20.4. The predicted octanol–water partition coefficient (Wildman–Crippen LogP) is -0.916. The normalized spacial score (nSPS) is 26.4. The molecule has 0 heterocycles. The van der Waals surface area contributed by atoms with Crippen LogP contribution in [0.5, 0.6) is 0 Å². The van der Waals surface area contributed by atoms with Crippen LogP contribution in [0.2, 0.25) is 0 Å². The minimum atomic E-state index is 0. The van der Waals surface area contributed by atoms with Crippen LogP contribution in [0.3, 0.4) is 0 Å². The summed E-state index contributed by atoms with van der Waals surface area (Å²) in [5.41, 5.74) is 10.9. The van der Waals surface area contributed by atoms with Crippen molar-refractivity contribution in [2.75, 3.05) is 0 Å². The van der Waals surface area contributed by atoms with Gasteiger partial charge >= 0.3 is 127 Å². The van der Waals surface area contributed by atoms with E-state index in [-0.39, 0.29) is 24.8 Å². The fourth-order valence-electron chi connectivity index (χ4n) is 3.43. The third-order valence-electron chi connectivity index (χ3n) is 5.17. The third-order valence-corrected chi connectivity index (χ3v) is 7.15. The van der Waals surface area contributed by atoms with Crippen LogP contribution in [-0.4, -0.2) is 0 Å². The van der Waals surface area contributed by atoms with Gasteiger partial charge < -0.3 is 24.8 Å². The van der Waals surface area contributed by atoms with E-state index in [0.717, 1.165) is 0 Å². The van der Waals surface area contributed by atoms with Gasteiger partial charge in [0.05, 0.1) is 0 Å². The minimum absolute atomic E-state index is 0. The van der Waals surface area contributed by atoms with E-state index in [0.29, 0.717) is 11.8 Å². The van der Waals surface area contributed by atoms with Crippen LogP contribution in [0.15, 0.2) is 42.3 Å². The molecule has 0 saturated heterocycles. The molecule has 0 bridgehead atoms. The number of hydrogen-bond acceptors (Lipinski definition) is 0. The second-order valence-electron chi connectivity index (χ2n) is 5.87. The first-order valence-electron chi connectivity index (χ1n) is 6.81. The number of halogens is 2. The van der Waals surface area contributed by atoms with Gasteiger partial charge in [0.15, 0.2) is 0 Å². The van der Waals surface area contributed by atoms with Crippen LogP contribution in [0, 0.1) is 11.8 Å². The van der Waals surface area contributed by atoms with Crippen molar-refractivity contribution in [3.05, 3.63) is 42.3 Å². The summed E-state index contributed by atoms with van der Waals surface area (Å²) < 4.78 is 1.64. The van der Waals surface area contributed by atoms with Crippen molar-refractivity contribution in [2.24, 2.45) is 11.8 Å². The standard InChI is InChI=1S/C17H23.2ClH.Zr/c1-9-8-10(2)16(11(9)3)17-14(6)12(4)13(5)15(17)7;;;/h10,14H,1-7H3;2*1H;/q;;;+2/p-2. The molecular weight excluding hydrogens is 366 g/mol. The van der Waals surface area contributed by atoms with Gasteiger partial charge in [0.1, 0.15) is 0 Å². The Labute approximate surface area is 151 Å². The van der Waals surface area contributed by atoms with Gasteiger partial charge in [0, 0.05) is 0 Å². The molecule has 0 aromatic heterocycles. The van der Waals surface area contributed by atoms with Crippen LogP contribution < -0.4 is 24.8 Å². The zero-order chi connectivity index (χ0) is 13.8. The van der Waals surface area contributed by atoms with E-state index in [1.807, 2.05) is 0 Å². The zero-order valence-electron chi connectivity index (χ0n) is 13.4. The zero-order valence-corrected chi connectivity index (χ0v) is 17.4. The van der Waals surface area contributed by atoms with Gasteiger partial charge in [-0.15, -0.1) is 0 Å². The van der Waals surface area contributed by atoms with Gasteiger partial charge in [-0.05, 0) is 0 Å². The molecule has 2 rings (SSSR count). The van der Waals surface area contributed by atoms with Crippen molar-refractivity contribution >= 4 is 0 Å². The summed E-state index contributed by atoms with van der Waals surface area (Å²) in [5.74, 6) is 1.24. The first-order valence-corrected chi connectivity index (χ1v) is 8.04. The van der Waals surface area contributed by atoms with E-state index in [9.17, 15) is 0 Å². The van der Waals surface area contributed by atoms with Gasteiger partial charge in [0.25, 0.3) is 0 Å². The molecule has 109 valence electrons. The molecule has 0 fully saturated rings. The molecule has 0 aromatic rings. The molecule has 0 amide bonds. The molecule has 2 unspecified atom stereocenters. The smallest absolute Gasteiger partial charge is 1.00 e. The Morgan fingerprint density at radius 3 is 1.35 bits per heavy atom. The Hall–Kier alpha value is 0.423. The van der Waals surface area contributed by atoms with Gasteiger partial charge in [-0.2, -0.15) is 0 Å². The summed E-state index contributed by atoms with van der Waals surface area (Å²) in [6.07, 6.45) is 0. The number of rotatable bonds is 1. The van der Waals surface area contributed by atoms with Crippen LogP contribution in [0.25, 0.3) is 0 Å². The molecule has 2 atom stereocenters. The molecular formula is C17H23Cl2Zr. The SMILES string of the molecule is CC1=C(C)C(C)C(C2=C(C)C(C)=[C]([Zr+2])C2C)=C1C.[Cl-].[Cl-]. The van der Waals surface area contributed by atoms with Crippen LogP contribution in [0.4, 0.5) is 0 Å². The second kappa shape index (κ2) is 7.12. The van der Waals surface area contributed by atoms with E-state index >= 15 is 0 Å². The van der Waals surface area contributed by atoms with Gasteiger partial charge in [-0.3, -0.25) is 0 Å². The Morgan fingerprint density at radius 2 is 1.05 bits per heavy atom. The fourth-order valence-corrected chi connectivity index (χ4v) is 4.25. The van der Waals surface area contributed by atoms with E-state index in [2.05, 4.69) is 48.5 Å². The second-order valence-corrected chi connectivity index (χ2v) is 7.19. The minimum Gasteiger partial charge on any atom is -1.00 e. The van der Waals surface area contributed by atoms with E-state index in [1.54, 1.807) is 50.3 Å². The molecule has 0 aromatic carbocycles. The largest absolute Gasteiger partial charge is 1.00 e. The molecule has 2 aliphatic carbocycles.